The minimum atomic E-state index is -0.406. The summed E-state index contributed by atoms with van der Waals surface area (Å²) < 4.78 is 7.89. The van der Waals surface area contributed by atoms with Crippen LogP contribution in [0.15, 0.2) is 71.6 Å². The average molecular weight is 442 g/mol. The zero-order chi connectivity index (χ0) is 19.8. The number of amides is 1. The molecular weight excluding hydrogens is 422 g/mol. The lowest BCUT2D eigenvalue weighted by molar-refractivity contribution is 0.0491. The number of aromatic nitrogens is 2. The highest BCUT2D eigenvalue weighted by atomic mass is 79.9. The molecule has 0 radical (unpaired) electrons. The first-order chi connectivity index (χ1) is 13.6. The molecule has 0 aliphatic rings. The van der Waals surface area contributed by atoms with Crippen molar-refractivity contribution in [3.8, 4) is 0 Å². The number of nitrogens with one attached hydrogen (secondary N) is 1. The fourth-order valence-corrected chi connectivity index (χ4v) is 3.07. The standard InChI is InChI=1S/C21H20BrN3O3/c22-18-13-17(14-23-15-18)20(26)24-9-12-28-21(27)19-7-4-10-25(19)11-8-16-5-2-1-3-6-16/h1-7,10,13-15H,8-9,11-12H2,(H,24,26). The average Bonchev–Trinajstić information content (AvgIpc) is 3.19. The van der Waals surface area contributed by atoms with Crippen LogP contribution in [0.3, 0.4) is 0 Å². The predicted molar refractivity (Wildman–Crippen MR) is 109 cm³/mol. The quantitative estimate of drug-likeness (QED) is 0.428. The first-order valence-electron chi connectivity index (χ1n) is 8.88. The molecule has 0 aliphatic heterocycles. The van der Waals surface area contributed by atoms with Gasteiger partial charge in [0, 0.05) is 29.6 Å². The Bertz CT molecular complexity index is 941. The third-order valence-corrected chi connectivity index (χ3v) is 4.54. The van der Waals surface area contributed by atoms with Crippen LogP contribution >= 0.6 is 15.9 Å². The smallest absolute Gasteiger partial charge is 0.355 e. The van der Waals surface area contributed by atoms with Gasteiger partial charge in [-0.3, -0.25) is 9.78 Å². The molecule has 3 aromatic rings. The van der Waals surface area contributed by atoms with Crippen LogP contribution < -0.4 is 5.32 Å². The number of carbonyl (C=O) groups excluding carboxylic acids is 2. The van der Waals surface area contributed by atoms with Crippen LogP contribution in [-0.2, 0) is 17.7 Å². The Kier molecular flexibility index (Phi) is 6.97. The van der Waals surface area contributed by atoms with Gasteiger partial charge in [0.05, 0.1) is 12.1 Å². The molecule has 1 N–H and O–H groups in total. The first-order valence-corrected chi connectivity index (χ1v) is 9.68. The van der Waals surface area contributed by atoms with E-state index in [1.807, 2.05) is 35.0 Å². The maximum atomic E-state index is 12.3. The van der Waals surface area contributed by atoms with E-state index >= 15 is 0 Å². The van der Waals surface area contributed by atoms with Gasteiger partial charge in [-0.05, 0) is 46.1 Å². The van der Waals surface area contributed by atoms with Crippen LogP contribution in [0.4, 0.5) is 0 Å². The predicted octanol–water partition coefficient (Wildman–Crippen LogP) is 3.48. The number of halogens is 1. The molecule has 1 amide bonds. The molecule has 1 aromatic carbocycles. The van der Waals surface area contributed by atoms with E-state index in [1.54, 1.807) is 18.3 Å². The van der Waals surface area contributed by atoms with Crippen molar-refractivity contribution < 1.29 is 14.3 Å². The van der Waals surface area contributed by atoms with Crippen molar-refractivity contribution in [1.29, 1.82) is 0 Å². The second kappa shape index (κ2) is 9.85. The summed E-state index contributed by atoms with van der Waals surface area (Å²) >= 11 is 3.27. The van der Waals surface area contributed by atoms with Crippen LogP contribution in [0.1, 0.15) is 26.4 Å². The summed E-state index contributed by atoms with van der Waals surface area (Å²) in [7, 11) is 0. The molecule has 0 saturated heterocycles. The molecule has 0 fully saturated rings. The summed E-state index contributed by atoms with van der Waals surface area (Å²) in [5.41, 5.74) is 2.15. The number of nitrogens with zero attached hydrogens (tertiary/aromatic N) is 2. The summed E-state index contributed by atoms with van der Waals surface area (Å²) in [6, 6.07) is 15.3. The molecule has 0 unspecified atom stereocenters. The van der Waals surface area contributed by atoms with Crippen LogP contribution in [0, 0.1) is 0 Å². The van der Waals surface area contributed by atoms with Gasteiger partial charge in [0.25, 0.3) is 5.91 Å². The van der Waals surface area contributed by atoms with Crippen LogP contribution in [0.5, 0.6) is 0 Å². The summed E-state index contributed by atoms with van der Waals surface area (Å²) in [4.78, 5) is 28.3. The number of ether oxygens (including phenoxy) is 1. The molecule has 0 atom stereocenters. The van der Waals surface area contributed by atoms with Crippen LogP contribution in [-0.4, -0.2) is 34.6 Å². The van der Waals surface area contributed by atoms with Crippen LogP contribution in [0.2, 0.25) is 0 Å². The van der Waals surface area contributed by atoms with E-state index in [0.29, 0.717) is 17.8 Å². The Morgan fingerprint density at radius 2 is 1.93 bits per heavy atom. The summed E-state index contributed by atoms with van der Waals surface area (Å²) in [6.07, 6.45) is 5.77. The van der Waals surface area contributed by atoms with Gasteiger partial charge in [0.1, 0.15) is 12.3 Å². The maximum Gasteiger partial charge on any atom is 0.355 e. The number of hydrogen-bond donors (Lipinski definition) is 1. The van der Waals surface area contributed by atoms with Gasteiger partial charge in [-0.1, -0.05) is 30.3 Å². The van der Waals surface area contributed by atoms with Crippen molar-refractivity contribution in [3.63, 3.8) is 0 Å². The number of pyridine rings is 1. The first kappa shape index (κ1) is 19.8. The molecule has 0 bridgehead atoms. The molecule has 2 heterocycles. The molecule has 144 valence electrons. The van der Waals surface area contributed by atoms with E-state index in [2.05, 4.69) is 38.4 Å². The molecular formula is C21H20BrN3O3. The fourth-order valence-electron chi connectivity index (χ4n) is 2.71. The van der Waals surface area contributed by atoms with Crippen molar-refractivity contribution in [1.82, 2.24) is 14.9 Å². The van der Waals surface area contributed by atoms with Crippen molar-refractivity contribution in [3.05, 3.63) is 88.4 Å². The van der Waals surface area contributed by atoms with Gasteiger partial charge in [0.15, 0.2) is 0 Å². The van der Waals surface area contributed by atoms with Crippen LogP contribution in [0.25, 0.3) is 0 Å². The van der Waals surface area contributed by atoms with E-state index < -0.39 is 5.97 Å². The molecule has 7 heteroatoms. The molecule has 28 heavy (non-hydrogen) atoms. The topological polar surface area (TPSA) is 73.2 Å². The van der Waals surface area contributed by atoms with E-state index in [1.165, 1.54) is 11.8 Å². The third-order valence-electron chi connectivity index (χ3n) is 4.11. The lowest BCUT2D eigenvalue weighted by atomic mass is 10.1. The number of hydrogen-bond acceptors (Lipinski definition) is 4. The normalized spacial score (nSPS) is 10.5. The lowest BCUT2D eigenvalue weighted by Gasteiger charge is -2.10. The Labute approximate surface area is 171 Å². The SMILES string of the molecule is O=C(NCCOC(=O)c1cccn1CCc1ccccc1)c1cncc(Br)c1. The highest BCUT2D eigenvalue weighted by Crippen LogP contribution is 2.10. The Morgan fingerprint density at radius 1 is 1.11 bits per heavy atom. The van der Waals surface area contributed by atoms with Gasteiger partial charge in [-0.25, -0.2) is 4.79 Å². The molecule has 0 spiro atoms. The van der Waals surface area contributed by atoms with E-state index in [-0.39, 0.29) is 19.1 Å². The molecule has 0 saturated carbocycles. The van der Waals surface area contributed by atoms with Crippen molar-refractivity contribution in [2.24, 2.45) is 0 Å². The number of carbonyl (C=O) groups is 2. The van der Waals surface area contributed by atoms with Crippen molar-refractivity contribution in [2.45, 2.75) is 13.0 Å². The Morgan fingerprint density at radius 3 is 2.71 bits per heavy atom. The van der Waals surface area contributed by atoms with E-state index in [4.69, 9.17) is 4.74 Å². The minimum absolute atomic E-state index is 0.0931. The number of aryl methyl sites for hydroxylation is 2. The van der Waals surface area contributed by atoms with E-state index in [9.17, 15) is 9.59 Å². The van der Waals surface area contributed by atoms with Gasteiger partial charge in [0.2, 0.25) is 0 Å². The van der Waals surface area contributed by atoms with Gasteiger partial charge in [-0.2, -0.15) is 0 Å². The number of benzene rings is 1. The largest absolute Gasteiger partial charge is 0.459 e. The summed E-state index contributed by atoms with van der Waals surface area (Å²) in [6.45, 7) is 1.01. The Balaban J connectivity index is 1.45. The monoisotopic (exact) mass is 441 g/mol. The van der Waals surface area contributed by atoms with E-state index in [0.717, 1.165) is 10.9 Å². The third kappa shape index (κ3) is 5.53. The molecule has 3 rings (SSSR count). The lowest BCUT2D eigenvalue weighted by Crippen LogP contribution is -2.28. The van der Waals surface area contributed by atoms with Crippen molar-refractivity contribution >= 4 is 27.8 Å². The highest BCUT2D eigenvalue weighted by molar-refractivity contribution is 9.10. The summed E-state index contributed by atoms with van der Waals surface area (Å²) in [5.74, 6) is -0.674. The minimum Gasteiger partial charge on any atom is -0.459 e. The molecule has 6 nitrogen and oxygen atoms in total. The highest BCUT2D eigenvalue weighted by Gasteiger charge is 2.13. The summed E-state index contributed by atoms with van der Waals surface area (Å²) in [5, 5.41) is 2.70. The van der Waals surface area contributed by atoms with Crippen molar-refractivity contribution in [2.75, 3.05) is 13.2 Å². The molecule has 2 aromatic heterocycles. The van der Waals surface area contributed by atoms with Gasteiger partial charge in [-0.15, -0.1) is 0 Å². The zero-order valence-corrected chi connectivity index (χ0v) is 16.8. The second-order valence-corrected chi connectivity index (χ2v) is 7.02. The fraction of sp³-hybridized carbons (Fsp3) is 0.190. The zero-order valence-electron chi connectivity index (χ0n) is 15.2. The molecule has 0 aliphatic carbocycles. The number of rotatable bonds is 8. The Hall–Kier alpha value is -2.93. The van der Waals surface area contributed by atoms with Gasteiger partial charge < -0.3 is 14.6 Å². The maximum absolute atomic E-state index is 12.3. The number of esters is 1. The second-order valence-electron chi connectivity index (χ2n) is 6.11. The van der Waals surface area contributed by atoms with Gasteiger partial charge >= 0.3 is 5.97 Å².